The molecule has 0 heterocycles. The van der Waals surface area contributed by atoms with Crippen LogP contribution in [0.5, 0.6) is 0 Å². The van der Waals surface area contributed by atoms with Crippen molar-refractivity contribution >= 4 is 0 Å². The molecule has 1 rings (SSSR count). The van der Waals surface area contributed by atoms with Crippen molar-refractivity contribution in [2.45, 2.75) is 52.0 Å². The molecule has 3 atom stereocenters. The predicted molar refractivity (Wildman–Crippen MR) is 62.0 cm³/mol. The van der Waals surface area contributed by atoms with Gasteiger partial charge in [0.25, 0.3) is 0 Å². The van der Waals surface area contributed by atoms with Gasteiger partial charge in [-0.1, -0.05) is 32.6 Å². The fraction of sp³-hybridized carbons (Fsp3) is 0.846. The third-order valence-corrected chi connectivity index (χ3v) is 3.42. The minimum Gasteiger partial charge on any atom is -0.303 e. The van der Waals surface area contributed by atoms with Gasteiger partial charge < -0.3 is 5.32 Å². The van der Waals surface area contributed by atoms with Crippen molar-refractivity contribution in [3.63, 3.8) is 0 Å². The van der Waals surface area contributed by atoms with Gasteiger partial charge in [0.1, 0.15) is 0 Å². The van der Waals surface area contributed by atoms with Crippen molar-refractivity contribution < 1.29 is 0 Å². The van der Waals surface area contributed by atoms with Gasteiger partial charge in [-0.05, 0) is 37.6 Å². The van der Waals surface area contributed by atoms with Gasteiger partial charge in [0.2, 0.25) is 0 Å². The van der Waals surface area contributed by atoms with Crippen LogP contribution >= 0.6 is 0 Å². The summed E-state index contributed by atoms with van der Waals surface area (Å²) in [5, 5.41) is 3.47. The fourth-order valence-corrected chi connectivity index (χ4v) is 2.45. The van der Waals surface area contributed by atoms with Gasteiger partial charge in [0.15, 0.2) is 0 Å². The summed E-state index contributed by atoms with van der Waals surface area (Å²) in [5.41, 5.74) is 0. The van der Waals surface area contributed by atoms with Crippen LogP contribution in [-0.2, 0) is 0 Å². The lowest BCUT2D eigenvalue weighted by atomic mass is 9.96. The first-order valence-corrected chi connectivity index (χ1v) is 6.01. The summed E-state index contributed by atoms with van der Waals surface area (Å²) in [4.78, 5) is 0. The van der Waals surface area contributed by atoms with E-state index in [1.54, 1.807) is 0 Å². The van der Waals surface area contributed by atoms with Crippen molar-refractivity contribution in [3.8, 4) is 12.3 Å². The van der Waals surface area contributed by atoms with Gasteiger partial charge in [-0.15, -0.1) is 6.42 Å². The van der Waals surface area contributed by atoms with E-state index >= 15 is 0 Å². The monoisotopic (exact) mass is 193 g/mol. The zero-order chi connectivity index (χ0) is 10.4. The summed E-state index contributed by atoms with van der Waals surface area (Å²) in [6.45, 7) is 5.53. The molecule has 1 fully saturated rings. The van der Waals surface area contributed by atoms with Crippen molar-refractivity contribution in [2.24, 2.45) is 11.8 Å². The molecule has 1 N–H and O–H groups in total. The first kappa shape index (κ1) is 11.6. The highest BCUT2D eigenvalue weighted by Crippen LogP contribution is 2.34. The van der Waals surface area contributed by atoms with Gasteiger partial charge in [0.05, 0.1) is 6.04 Å². The van der Waals surface area contributed by atoms with Gasteiger partial charge in [-0.25, -0.2) is 0 Å². The van der Waals surface area contributed by atoms with Crippen molar-refractivity contribution in [1.82, 2.24) is 5.32 Å². The number of terminal acetylenes is 1. The summed E-state index contributed by atoms with van der Waals surface area (Å²) >= 11 is 0. The van der Waals surface area contributed by atoms with Gasteiger partial charge >= 0.3 is 0 Å². The minimum atomic E-state index is 0.325. The Morgan fingerprint density at radius 3 is 2.71 bits per heavy atom. The maximum absolute atomic E-state index is 5.57. The second kappa shape index (κ2) is 6.09. The quantitative estimate of drug-likeness (QED) is 0.662. The second-order valence-electron chi connectivity index (χ2n) is 4.45. The standard InChI is InChI=1S/C13H23N/c1-4-9-14-13(6-3)12-8-7-11(5-2)10-12/h3,11-14H,4-5,7-10H2,1-2H3. The molecule has 80 valence electrons. The molecule has 0 aromatic rings. The normalized spacial score (nSPS) is 28.6. The molecule has 0 bridgehead atoms. The topological polar surface area (TPSA) is 12.0 Å². The number of rotatable bonds is 5. The van der Waals surface area contributed by atoms with E-state index in [0.29, 0.717) is 6.04 Å². The van der Waals surface area contributed by atoms with Crippen LogP contribution in [0.2, 0.25) is 0 Å². The van der Waals surface area contributed by atoms with Crippen LogP contribution in [0.3, 0.4) is 0 Å². The lowest BCUT2D eigenvalue weighted by Gasteiger charge is -2.19. The molecule has 1 heteroatoms. The SMILES string of the molecule is C#CC(NCCC)C1CCC(CC)C1. The summed E-state index contributed by atoms with van der Waals surface area (Å²) in [6, 6.07) is 0.325. The molecule has 1 saturated carbocycles. The molecule has 14 heavy (non-hydrogen) atoms. The zero-order valence-corrected chi connectivity index (χ0v) is 9.55. The Kier molecular flexibility index (Phi) is 5.04. The molecule has 0 aliphatic heterocycles. The predicted octanol–water partition coefficient (Wildman–Crippen LogP) is 2.81. The molecule has 0 amide bonds. The molecule has 0 aromatic heterocycles. The maximum Gasteiger partial charge on any atom is 0.0715 e. The summed E-state index contributed by atoms with van der Waals surface area (Å²) in [7, 11) is 0. The highest BCUT2D eigenvalue weighted by molar-refractivity contribution is 5.03. The summed E-state index contributed by atoms with van der Waals surface area (Å²) in [6.07, 6.45) is 12.1. The van der Waals surface area contributed by atoms with E-state index in [1.165, 1.54) is 32.1 Å². The molecule has 0 spiro atoms. The first-order chi connectivity index (χ1) is 6.81. The Morgan fingerprint density at radius 1 is 1.43 bits per heavy atom. The van der Waals surface area contributed by atoms with E-state index in [0.717, 1.165) is 18.4 Å². The third-order valence-electron chi connectivity index (χ3n) is 3.42. The van der Waals surface area contributed by atoms with Gasteiger partial charge in [0, 0.05) is 0 Å². The molecule has 0 aromatic carbocycles. The van der Waals surface area contributed by atoms with Gasteiger partial charge in [-0.3, -0.25) is 0 Å². The van der Waals surface area contributed by atoms with E-state index in [-0.39, 0.29) is 0 Å². The minimum absolute atomic E-state index is 0.325. The van der Waals surface area contributed by atoms with Crippen LogP contribution < -0.4 is 5.32 Å². The average molecular weight is 193 g/mol. The van der Waals surface area contributed by atoms with E-state index in [1.807, 2.05) is 0 Å². The van der Waals surface area contributed by atoms with Crippen LogP contribution in [0.4, 0.5) is 0 Å². The van der Waals surface area contributed by atoms with Gasteiger partial charge in [-0.2, -0.15) is 0 Å². The summed E-state index contributed by atoms with van der Waals surface area (Å²) < 4.78 is 0. The Morgan fingerprint density at radius 2 is 2.21 bits per heavy atom. The molecular weight excluding hydrogens is 170 g/mol. The molecule has 1 aliphatic carbocycles. The smallest absolute Gasteiger partial charge is 0.0715 e. The molecule has 0 saturated heterocycles. The maximum atomic E-state index is 5.57. The Balaban J connectivity index is 2.35. The molecule has 0 radical (unpaired) electrons. The van der Waals surface area contributed by atoms with Crippen molar-refractivity contribution in [3.05, 3.63) is 0 Å². The van der Waals surface area contributed by atoms with E-state index in [4.69, 9.17) is 6.42 Å². The lowest BCUT2D eigenvalue weighted by molar-refractivity contribution is 0.403. The Bertz CT molecular complexity index is 192. The highest BCUT2D eigenvalue weighted by Gasteiger charge is 2.28. The first-order valence-electron chi connectivity index (χ1n) is 6.01. The van der Waals surface area contributed by atoms with Crippen LogP contribution in [0.25, 0.3) is 0 Å². The molecule has 1 nitrogen and oxygen atoms in total. The second-order valence-corrected chi connectivity index (χ2v) is 4.45. The Hall–Kier alpha value is -0.480. The Labute approximate surface area is 88.7 Å². The fourth-order valence-electron chi connectivity index (χ4n) is 2.45. The third kappa shape index (κ3) is 3.03. The largest absolute Gasteiger partial charge is 0.303 e. The van der Waals surface area contributed by atoms with Crippen LogP contribution in [0.1, 0.15) is 46.0 Å². The van der Waals surface area contributed by atoms with Crippen LogP contribution in [0.15, 0.2) is 0 Å². The number of nitrogens with one attached hydrogen (secondary N) is 1. The van der Waals surface area contributed by atoms with E-state index in [9.17, 15) is 0 Å². The molecular formula is C13H23N. The summed E-state index contributed by atoms with van der Waals surface area (Å²) in [5.74, 6) is 4.58. The number of hydrogen-bond acceptors (Lipinski definition) is 1. The number of hydrogen-bond donors (Lipinski definition) is 1. The lowest BCUT2D eigenvalue weighted by Crippen LogP contribution is -2.34. The molecule has 1 aliphatic rings. The van der Waals surface area contributed by atoms with Crippen LogP contribution in [-0.4, -0.2) is 12.6 Å². The van der Waals surface area contributed by atoms with Crippen LogP contribution in [0, 0.1) is 24.2 Å². The van der Waals surface area contributed by atoms with E-state index in [2.05, 4.69) is 25.1 Å². The zero-order valence-electron chi connectivity index (χ0n) is 9.55. The van der Waals surface area contributed by atoms with Crippen molar-refractivity contribution in [2.75, 3.05) is 6.54 Å². The average Bonchev–Trinajstić information content (AvgIpc) is 2.68. The highest BCUT2D eigenvalue weighted by atomic mass is 14.9. The van der Waals surface area contributed by atoms with E-state index < -0.39 is 0 Å². The van der Waals surface area contributed by atoms with Crippen molar-refractivity contribution in [1.29, 1.82) is 0 Å². The molecule has 3 unspecified atom stereocenters.